The van der Waals surface area contributed by atoms with Crippen molar-refractivity contribution in [2.75, 3.05) is 11.9 Å². The molecule has 1 aliphatic heterocycles. The zero-order chi connectivity index (χ0) is 18.3. The minimum atomic E-state index is -1.20. The molecule has 0 saturated carbocycles. The van der Waals surface area contributed by atoms with Gasteiger partial charge in [-0.2, -0.15) is 0 Å². The summed E-state index contributed by atoms with van der Waals surface area (Å²) in [5.41, 5.74) is 0.991. The van der Waals surface area contributed by atoms with Crippen molar-refractivity contribution in [2.45, 2.75) is 31.1 Å². The average molecular weight is 442 g/mol. The molecule has 1 fully saturated rings. The van der Waals surface area contributed by atoms with Crippen molar-refractivity contribution in [1.29, 1.82) is 0 Å². The van der Waals surface area contributed by atoms with Gasteiger partial charge in [0, 0.05) is 4.88 Å². The van der Waals surface area contributed by atoms with Gasteiger partial charge in [-0.15, -0.1) is 11.3 Å². The van der Waals surface area contributed by atoms with Crippen LogP contribution in [0.25, 0.3) is 11.2 Å². The van der Waals surface area contributed by atoms with Crippen molar-refractivity contribution in [2.24, 2.45) is 0 Å². The normalized spacial score (nSPS) is 25.8. The largest absolute Gasteiger partial charge is 0.394 e. The smallest absolute Gasteiger partial charge is 0.167 e. The van der Waals surface area contributed by atoms with Gasteiger partial charge in [-0.25, -0.2) is 15.0 Å². The Morgan fingerprint density at radius 1 is 1.23 bits per heavy atom. The topological polar surface area (TPSA) is 126 Å². The highest BCUT2D eigenvalue weighted by Crippen LogP contribution is 2.32. The number of ether oxygens (including phenoxy) is 1. The number of hydrogen-bond acceptors (Lipinski definition) is 9. The highest BCUT2D eigenvalue weighted by molar-refractivity contribution is 9.11. The van der Waals surface area contributed by atoms with Crippen molar-refractivity contribution in [3.8, 4) is 0 Å². The number of halogens is 1. The van der Waals surface area contributed by atoms with Gasteiger partial charge in [-0.05, 0) is 28.1 Å². The van der Waals surface area contributed by atoms with E-state index in [1.54, 1.807) is 11.3 Å². The Kier molecular flexibility index (Phi) is 4.90. The van der Waals surface area contributed by atoms with Gasteiger partial charge in [0.15, 0.2) is 23.2 Å². The molecule has 1 unspecified atom stereocenters. The second kappa shape index (κ2) is 7.18. The molecule has 4 heterocycles. The van der Waals surface area contributed by atoms with Gasteiger partial charge in [0.2, 0.25) is 0 Å². The van der Waals surface area contributed by atoms with Crippen LogP contribution in [0.5, 0.6) is 0 Å². The Morgan fingerprint density at radius 2 is 2.08 bits per heavy atom. The molecule has 4 atom stereocenters. The molecule has 138 valence electrons. The molecule has 0 spiro atoms. The number of anilines is 1. The maximum atomic E-state index is 10.2. The zero-order valence-electron chi connectivity index (χ0n) is 13.4. The van der Waals surface area contributed by atoms with E-state index in [-0.39, 0.29) is 6.61 Å². The van der Waals surface area contributed by atoms with Crippen LogP contribution in [-0.2, 0) is 11.3 Å². The van der Waals surface area contributed by atoms with Crippen molar-refractivity contribution in [3.63, 3.8) is 0 Å². The number of aliphatic hydroxyl groups is 3. The fourth-order valence-electron chi connectivity index (χ4n) is 2.89. The molecule has 0 aliphatic carbocycles. The number of aliphatic hydroxyl groups excluding tert-OH is 3. The molecule has 26 heavy (non-hydrogen) atoms. The second-order valence-electron chi connectivity index (χ2n) is 5.83. The van der Waals surface area contributed by atoms with E-state index >= 15 is 0 Å². The van der Waals surface area contributed by atoms with E-state index in [1.807, 2.05) is 12.1 Å². The Balaban J connectivity index is 1.61. The number of imidazole rings is 1. The summed E-state index contributed by atoms with van der Waals surface area (Å²) in [4.78, 5) is 13.9. The third-order valence-electron chi connectivity index (χ3n) is 4.21. The predicted octanol–water partition coefficient (Wildman–Crippen LogP) is 0.874. The highest BCUT2D eigenvalue weighted by atomic mass is 79.9. The first kappa shape index (κ1) is 17.8. The number of nitrogens with one attached hydrogen (secondary N) is 1. The van der Waals surface area contributed by atoms with E-state index in [0.29, 0.717) is 23.5 Å². The molecular weight excluding hydrogens is 426 g/mol. The molecule has 4 rings (SSSR count). The molecule has 0 radical (unpaired) electrons. The second-order valence-corrected chi connectivity index (χ2v) is 8.38. The lowest BCUT2D eigenvalue weighted by Crippen LogP contribution is -2.33. The maximum absolute atomic E-state index is 10.2. The lowest BCUT2D eigenvalue weighted by atomic mass is 10.1. The van der Waals surface area contributed by atoms with Crippen LogP contribution in [0.4, 0.5) is 5.82 Å². The highest BCUT2D eigenvalue weighted by Gasteiger charge is 2.44. The van der Waals surface area contributed by atoms with Crippen molar-refractivity contribution < 1.29 is 20.1 Å². The predicted molar refractivity (Wildman–Crippen MR) is 97.7 cm³/mol. The van der Waals surface area contributed by atoms with Crippen LogP contribution in [0.2, 0.25) is 0 Å². The summed E-state index contributed by atoms with van der Waals surface area (Å²) < 4.78 is 8.13. The molecule has 3 aromatic heterocycles. The average Bonchev–Trinajstić information content (AvgIpc) is 3.32. The number of hydrogen-bond donors (Lipinski definition) is 4. The summed E-state index contributed by atoms with van der Waals surface area (Å²) in [7, 11) is 0. The lowest BCUT2D eigenvalue weighted by Gasteiger charge is -2.16. The zero-order valence-corrected chi connectivity index (χ0v) is 15.8. The minimum Gasteiger partial charge on any atom is -0.394 e. The van der Waals surface area contributed by atoms with Crippen LogP contribution in [0.3, 0.4) is 0 Å². The van der Waals surface area contributed by atoms with Gasteiger partial charge >= 0.3 is 0 Å². The van der Waals surface area contributed by atoms with Crippen LogP contribution in [0.15, 0.2) is 28.6 Å². The molecule has 11 heteroatoms. The van der Waals surface area contributed by atoms with Gasteiger partial charge in [0.25, 0.3) is 0 Å². The van der Waals surface area contributed by atoms with E-state index in [9.17, 15) is 15.3 Å². The van der Waals surface area contributed by atoms with Crippen LogP contribution in [0, 0.1) is 0 Å². The molecule has 0 bridgehead atoms. The maximum Gasteiger partial charge on any atom is 0.167 e. The summed E-state index contributed by atoms with van der Waals surface area (Å²) in [5.74, 6) is 0.560. The Hall–Kier alpha value is -1.63. The van der Waals surface area contributed by atoms with Gasteiger partial charge in [-0.1, -0.05) is 0 Å². The van der Waals surface area contributed by atoms with Crippen LogP contribution in [0.1, 0.15) is 11.1 Å². The first-order valence-corrected chi connectivity index (χ1v) is 9.47. The SMILES string of the molecule is OC[C@H]1O[C@@H](n2cnc3c(NCc4ccc(Br)s4)ncnc32)C(O)[C@H]1O. The van der Waals surface area contributed by atoms with Crippen LogP contribution >= 0.6 is 27.3 Å². The van der Waals surface area contributed by atoms with E-state index < -0.39 is 24.5 Å². The van der Waals surface area contributed by atoms with Gasteiger partial charge < -0.3 is 25.4 Å². The van der Waals surface area contributed by atoms with E-state index in [1.165, 1.54) is 17.2 Å². The standard InChI is InChI=1S/C15H16BrN5O4S/c16-9-2-1-7(26-9)3-17-13-10-14(19-5-18-13)21(6-20-10)15-12(24)11(23)8(4-22)25-15/h1-2,5-6,8,11-12,15,22-24H,3-4H2,(H,17,18,19)/t8-,11+,12?,15-/m1/s1. The molecule has 1 saturated heterocycles. The Morgan fingerprint density at radius 3 is 2.77 bits per heavy atom. The number of thiophene rings is 1. The first-order chi connectivity index (χ1) is 12.6. The van der Waals surface area contributed by atoms with Crippen LogP contribution in [-0.4, -0.2) is 59.8 Å². The minimum absolute atomic E-state index is 0.389. The Labute approximate surface area is 160 Å². The fourth-order valence-corrected chi connectivity index (χ4v) is 4.32. The van der Waals surface area contributed by atoms with E-state index in [4.69, 9.17) is 4.74 Å². The van der Waals surface area contributed by atoms with Crippen molar-refractivity contribution >= 4 is 44.2 Å². The number of rotatable bonds is 5. The van der Waals surface area contributed by atoms with Gasteiger partial charge in [0.05, 0.1) is 23.3 Å². The first-order valence-electron chi connectivity index (χ1n) is 7.86. The summed E-state index contributed by atoms with van der Waals surface area (Å²) in [6.07, 6.45) is -1.24. The molecule has 4 N–H and O–H groups in total. The summed E-state index contributed by atoms with van der Waals surface area (Å²) in [5, 5.41) is 32.6. The summed E-state index contributed by atoms with van der Waals surface area (Å²) in [6, 6.07) is 3.99. The van der Waals surface area contributed by atoms with Crippen molar-refractivity contribution in [1.82, 2.24) is 19.5 Å². The molecule has 0 aromatic carbocycles. The number of nitrogens with zero attached hydrogens (tertiary/aromatic N) is 4. The number of aromatic nitrogens is 4. The lowest BCUT2D eigenvalue weighted by molar-refractivity contribution is -0.0511. The molecule has 1 aliphatic rings. The summed E-state index contributed by atoms with van der Waals surface area (Å²) >= 11 is 5.06. The number of fused-ring (bicyclic) bond motifs is 1. The summed E-state index contributed by atoms with van der Waals surface area (Å²) in [6.45, 7) is 0.197. The third kappa shape index (κ3) is 3.10. The Bertz CT molecular complexity index is 918. The molecule has 3 aromatic rings. The quantitative estimate of drug-likeness (QED) is 0.459. The molecular formula is C15H16BrN5O4S. The van der Waals surface area contributed by atoms with Gasteiger partial charge in [-0.3, -0.25) is 4.57 Å². The van der Waals surface area contributed by atoms with Gasteiger partial charge in [0.1, 0.15) is 24.6 Å². The van der Waals surface area contributed by atoms with E-state index in [2.05, 4.69) is 36.2 Å². The van der Waals surface area contributed by atoms with Crippen LogP contribution < -0.4 is 5.32 Å². The third-order valence-corrected chi connectivity index (χ3v) is 5.83. The van der Waals surface area contributed by atoms with E-state index in [0.717, 1.165) is 8.66 Å². The van der Waals surface area contributed by atoms with Crippen molar-refractivity contribution in [3.05, 3.63) is 33.5 Å². The molecule has 0 amide bonds. The monoisotopic (exact) mass is 441 g/mol. The fraction of sp³-hybridized carbons (Fsp3) is 0.400. The molecule has 9 nitrogen and oxygen atoms in total.